The Hall–Kier alpha value is -2.17. The molecule has 0 atom stereocenters. The molecule has 0 amide bonds. The van der Waals surface area contributed by atoms with E-state index < -0.39 is 28.8 Å². The molecule has 0 unspecified atom stereocenters. The van der Waals surface area contributed by atoms with E-state index >= 15 is 0 Å². The Morgan fingerprint density at radius 2 is 1.50 bits per heavy atom. The largest absolute Gasteiger partial charge is 0.244 e. The summed E-state index contributed by atoms with van der Waals surface area (Å²) in [5.74, 6) is -6.53. The van der Waals surface area contributed by atoms with Crippen molar-refractivity contribution in [3.05, 3.63) is 52.6 Å². The molecule has 3 rings (SSSR count). The van der Waals surface area contributed by atoms with Crippen LogP contribution in [0.25, 0.3) is 21.8 Å². The lowest BCUT2D eigenvalue weighted by Gasteiger charge is -2.10. The summed E-state index contributed by atoms with van der Waals surface area (Å²) >= 11 is 0. The molecular formula is C15H9F4N. The first kappa shape index (κ1) is 12.8. The van der Waals surface area contributed by atoms with Crippen molar-refractivity contribution < 1.29 is 17.6 Å². The highest BCUT2D eigenvalue weighted by molar-refractivity contribution is 5.98. The number of hydrogen-bond acceptors (Lipinski definition) is 1. The molecule has 0 aliphatic carbocycles. The van der Waals surface area contributed by atoms with Crippen molar-refractivity contribution in [3.63, 3.8) is 0 Å². The molecule has 20 heavy (non-hydrogen) atoms. The van der Waals surface area contributed by atoms with Gasteiger partial charge in [0.1, 0.15) is 5.52 Å². The van der Waals surface area contributed by atoms with Crippen molar-refractivity contribution in [2.45, 2.75) is 13.8 Å². The lowest BCUT2D eigenvalue weighted by atomic mass is 10.0. The highest BCUT2D eigenvalue weighted by atomic mass is 19.2. The Morgan fingerprint density at radius 3 is 2.20 bits per heavy atom. The molecule has 3 aromatic rings. The van der Waals surface area contributed by atoms with Crippen LogP contribution in [0.15, 0.2) is 18.2 Å². The Labute approximate surface area is 111 Å². The third-order valence-electron chi connectivity index (χ3n) is 3.41. The van der Waals surface area contributed by atoms with Crippen LogP contribution in [0.3, 0.4) is 0 Å². The van der Waals surface area contributed by atoms with Gasteiger partial charge in [0.15, 0.2) is 23.3 Å². The minimum atomic E-state index is -1.84. The summed E-state index contributed by atoms with van der Waals surface area (Å²) < 4.78 is 54.3. The van der Waals surface area contributed by atoms with Gasteiger partial charge in [-0.1, -0.05) is 11.6 Å². The van der Waals surface area contributed by atoms with Crippen LogP contribution < -0.4 is 0 Å². The molecule has 102 valence electrons. The smallest absolute Gasteiger partial charge is 0.199 e. The lowest BCUT2D eigenvalue weighted by molar-refractivity contribution is 0.417. The SMILES string of the molecule is Cc1ccc2nc3c(F)c(F)c(F)c(F)c3c(C)c2c1. The van der Waals surface area contributed by atoms with Gasteiger partial charge in [0.25, 0.3) is 0 Å². The fraction of sp³-hybridized carbons (Fsp3) is 0.133. The van der Waals surface area contributed by atoms with Crippen LogP contribution in [0.4, 0.5) is 17.6 Å². The fourth-order valence-corrected chi connectivity index (χ4v) is 2.37. The second kappa shape index (κ2) is 4.16. The van der Waals surface area contributed by atoms with Gasteiger partial charge in [-0.3, -0.25) is 0 Å². The predicted molar refractivity (Wildman–Crippen MR) is 68.6 cm³/mol. The monoisotopic (exact) mass is 279 g/mol. The van der Waals surface area contributed by atoms with E-state index in [4.69, 9.17) is 0 Å². The van der Waals surface area contributed by atoms with E-state index in [1.165, 1.54) is 6.92 Å². The number of aromatic nitrogens is 1. The third kappa shape index (κ3) is 1.59. The van der Waals surface area contributed by atoms with Crippen LogP contribution in [0.5, 0.6) is 0 Å². The number of hydrogen-bond donors (Lipinski definition) is 0. The molecule has 0 bridgehead atoms. The number of rotatable bonds is 0. The van der Waals surface area contributed by atoms with Gasteiger partial charge in [-0.15, -0.1) is 0 Å². The van der Waals surface area contributed by atoms with Crippen molar-refractivity contribution in [1.82, 2.24) is 4.98 Å². The number of halogens is 4. The lowest BCUT2D eigenvalue weighted by Crippen LogP contribution is -2.02. The van der Waals surface area contributed by atoms with Crippen LogP contribution in [0.1, 0.15) is 11.1 Å². The molecule has 1 nitrogen and oxygen atoms in total. The van der Waals surface area contributed by atoms with Gasteiger partial charge in [-0.25, -0.2) is 22.5 Å². The van der Waals surface area contributed by atoms with Gasteiger partial charge in [0.05, 0.1) is 5.52 Å². The van der Waals surface area contributed by atoms with Gasteiger partial charge in [0.2, 0.25) is 0 Å². The van der Waals surface area contributed by atoms with Crippen molar-refractivity contribution in [1.29, 1.82) is 0 Å². The normalized spacial score (nSPS) is 11.5. The van der Waals surface area contributed by atoms with E-state index in [2.05, 4.69) is 4.98 Å². The van der Waals surface area contributed by atoms with Crippen LogP contribution in [0.2, 0.25) is 0 Å². The molecule has 1 aromatic heterocycles. The third-order valence-corrected chi connectivity index (χ3v) is 3.41. The maximum atomic E-state index is 13.9. The summed E-state index contributed by atoms with van der Waals surface area (Å²) in [6.45, 7) is 3.37. The molecule has 5 heteroatoms. The Morgan fingerprint density at radius 1 is 0.850 bits per heavy atom. The molecule has 1 heterocycles. The van der Waals surface area contributed by atoms with Gasteiger partial charge < -0.3 is 0 Å². The zero-order valence-corrected chi connectivity index (χ0v) is 10.7. The first-order chi connectivity index (χ1) is 9.41. The number of benzene rings is 2. The minimum Gasteiger partial charge on any atom is -0.244 e. The fourth-order valence-electron chi connectivity index (χ4n) is 2.37. The summed E-state index contributed by atoms with van der Waals surface area (Å²) in [4.78, 5) is 3.92. The van der Waals surface area contributed by atoms with E-state index in [9.17, 15) is 17.6 Å². The second-order valence-electron chi connectivity index (χ2n) is 4.74. The highest BCUT2D eigenvalue weighted by Gasteiger charge is 2.23. The van der Waals surface area contributed by atoms with Crippen LogP contribution >= 0.6 is 0 Å². The standard InChI is InChI=1S/C15H9F4N/c1-6-3-4-9-8(5-6)7(2)10-11(16)12(17)13(18)14(19)15(10)20-9/h3-5H,1-2H3. The summed E-state index contributed by atoms with van der Waals surface area (Å²) in [5, 5.41) is 0.265. The topological polar surface area (TPSA) is 12.9 Å². The van der Waals surface area contributed by atoms with Crippen molar-refractivity contribution in [3.8, 4) is 0 Å². The van der Waals surface area contributed by atoms with E-state index in [-0.39, 0.29) is 5.39 Å². The summed E-state index contributed by atoms with van der Waals surface area (Å²) in [7, 11) is 0. The van der Waals surface area contributed by atoms with Crippen LogP contribution in [-0.4, -0.2) is 4.98 Å². The predicted octanol–water partition coefficient (Wildman–Crippen LogP) is 4.56. The number of fused-ring (bicyclic) bond motifs is 2. The summed E-state index contributed by atoms with van der Waals surface area (Å²) in [6, 6.07) is 5.14. The average molecular weight is 279 g/mol. The highest BCUT2D eigenvalue weighted by Crippen LogP contribution is 2.32. The number of nitrogens with zero attached hydrogens (tertiary/aromatic N) is 1. The average Bonchev–Trinajstić information content (AvgIpc) is 2.43. The molecule has 0 radical (unpaired) electrons. The van der Waals surface area contributed by atoms with E-state index in [1.54, 1.807) is 18.2 Å². The molecule has 0 spiro atoms. The molecule has 0 N–H and O–H groups in total. The molecule has 0 saturated heterocycles. The number of aryl methyl sites for hydroxylation is 2. The van der Waals surface area contributed by atoms with Gasteiger partial charge in [0, 0.05) is 10.8 Å². The maximum Gasteiger partial charge on any atom is 0.199 e. The molecule has 0 fully saturated rings. The zero-order valence-electron chi connectivity index (χ0n) is 10.7. The quantitative estimate of drug-likeness (QED) is 0.254. The zero-order chi connectivity index (χ0) is 14.6. The van der Waals surface area contributed by atoms with Crippen molar-refractivity contribution in [2.24, 2.45) is 0 Å². The first-order valence-electron chi connectivity index (χ1n) is 5.94. The van der Waals surface area contributed by atoms with E-state index in [0.29, 0.717) is 16.5 Å². The molecular weight excluding hydrogens is 270 g/mol. The summed E-state index contributed by atoms with van der Waals surface area (Å²) in [5.41, 5.74) is 1.16. The maximum absolute atomic E-state index is 13.9. The summed E-state index contributed by atoms with van der Waals surface area (Å²) in [6.07, 6.45) is 0. The Bertz CT molecular complexity index is 871. The van der Waals surface area contributed by atoms with Crippen molar-refractivity contribution >= 4 is 21.8 Å². The van der Waals surface area contributed by atoms with Gasteiger partial charge in [-0.2, -0.15) is 0 Å². The molecule has 2 aromatic carbocycles. The Kier molecular flexibility index (Phi) is 2.67. The van der Waals surface area contributed by atoms with Crippen molar-refractivity contribution in [2.75, 3.05) is 0 Å². The molecule has 0 saturated carbocycles. The Balaban J connectivity index is 2.64. The second-order valence-corrected chi connectivity index (χ2v) is 4.74. The van der Waals surface area contributed by atoms with E-state index in [0.717, 1.165) is 5.56 Å². The van der Waals surface area contributed by atoms with Gasteiger partial charge >= 0.3 is 0 Å². The van der Waals surface area contributed by atoms with E-state index in [1.807, 2.05) is 6.92 Å². The molecule has 0 aliphatic heterocycles. The van der Waals surface area contributed by atoms with Gasteiger partial charge in [-0.05, 0) is 31.5 Å². The molecule has 0 aliphatic rings. The number of pyridine rings is 1. The minimum absolute atomic E-state index is 0.320. The van der Waals surface area contributed by atoms with Crippen LogP contribution in [0, 0.1) is 37.1 Å². The first-order valence-corrected chi connectivity index (χ1v) is 5.94. The van der Waals surface area contributed by atoms with Crippen LogP contribution in [-0.2, 0) is 0 Å².